The summed E-state index contributed by atoms with van der Waals surface area (Å²) in [7, 11) is 0. The van der Waals surface area contributed by atoms with E-state index in [-0.39, 0.29) is 11.7 Å². The van der Waals surface area contributed by atoms with Crippen molar-refractivity contribution in [2.24, 2.45) is 0 Å². The molecular weight excluding hydrogens is 240 g/mol. The molecule has 0 fully saturated rings. The van der Waals surface area contributed by atoms with Crippen LogP contribution in [-0.2, 0) is 0 Å². The van der Waals surface area contributed by atoms with Crippen LogP contribution in [0.4, 0.5) is 10.7 Å². The Morgan fingerprint density at radius 3 is 3.00 bits per heavy atom. The molecule has 1 aromatic heterocycles. The molecule has 0 bridgehead atoms. The third kappa shape index (κ3) is 2.76. The molecule has 0 radical (unpaired) electrons. The van der Waals surface area contributed by atoms with Crippen molar-refractivity contribution in [1.82, 2.24) is 9.59 Å². The van der Waals surface area contributed by atoms with Gasteiger partial charge in [0.15, 0.2) is 0 Å². The summed E-state index contributed by atoms with van der Waals surface area (Å²) in [5, 5.41) is 18.4. The Morgan fingerprint density at radius 1 is 1.53 bits per heavy atom. The molecule has 1 aromatic carbocycles. The molecule has 1 heterocycles. The van der Waals surface area contributed by atoms with E-state index in [1.165, 1.54) is 17.6 Å². The van der Waals surface area contributed by atoms with Gasteiger partial charge >= 0.3 is 0 Å². The van der Waals surface area contributed by atoms with E-state index in [2.05, 4.69) is 14.9 Å². The van der Waals surface area contributed by atoms with Gasteiger partial charge in [0.2, 0.25) is 0 Å². The normalized spacial score (nSPS) is 12.1. The van der Waals surface area contributed by atoms with Gasteiger partial charge in [0, 0.05) is 29.7 Å². The van der Waals surface area contributed by atoms with E-state index in [9.17, 15) is 10.1 Å². The number of non-ortho nitro benzene ring substituents is 1. The van der Waals surface area contributed by atoms with E-state index in [0.717, 1.165) is 10.6 Å². The summed E-state index contributed by atoms with van der Waals surface area (Å²) in [6, 6.07) is 6.53. The first-order valence-corrected chi connectivity index (χ1v) is 5.72. The SMILES string of the molecule is CC(Nc1cnns1)c1cccc([N+](=O)[O-])c1. The highest BCUT2D eigenvalue weighted by atomic mass is 32.1. The number of nitrogens with one attached hydrogen (secondary N) is 1. The van der Waals surface area contributed by atoms with E-state index in [0.29, 0.717) is 0 Å². The highest BCUT2D eigenvalue weighted by Gasteiger charge is 2.11. The second-order valence-electron chi connectivity index (χ2n) is 3.50. The molecule has 0 aliphatic heterocycles. The van der Waals surface area contributed by atoms with E-state index in [1.807, 2.05) is 13.0 Å². The number of aromatic nitrogens is 2. The predicted molar refractivity (Wildman–Crippen MR) is 65.0 cm³/mol. The lowest BCUT2D eigenvalue weighted by molar-refractivity contribution is -0.384. The van der Waals surface area contributed by atoms with E-state index < -0.39 is 4.92 Å². The van der Waals surface area contributed by atoms with Crippen LogP contribution in [0.25, 0.3) is 0 Å². The Labute approximate surface area is 102 Å². The minimum atomic E-state index is -0.398. The minimum Gasteiger partial charge on any atom is -0.368 e. The zero-order valence-electron chi connectivity index (χ0n) is 9.03. The van der Waals surface area contributed by atoms with Crippen molar-refractivity contribution in [1.29, 1.82) is 0 Å². The van der Waals surface area contributed by atoms with Crippen LogP contribution in [0.3, 0.4) is 0 Å². The summed E-state index contributed by atoms with van der Waals surface area (Å²) in [6.07, 6.45) is 1.62. The molecular formula is C10H10N4O2S. The molecule has 17 heavy (non-hydrogen) atoms. The average Bonchev–Trinajstić information content (AvgIpc) is 2.82. The van der Waals surface area contributed by atoms with Gasteiger partial charge in [-0.1, -0.05) is 16.6 Å². The number of benzene rings is 1. The highest BCUT2D eigenvalue weighted by molar-refractivity contribution is 7.09. The maximum Gasteiger partial charge on any atom is 0.269 e. The Kier molecular flexibility index (Phi) is 3.29. The van der Waals surface area contributed by atoms with Crippen LogP contribution in [0.15, 0.2) is 30.5 Å². The first-order chi connectivity index (χ1) is 8.16. The van der Waals surface area contributed by atoms with Gasteiger partial charge in [-0.2, -0.15) is 0 Å². The van der Waals surface area contributed by atoms with Crippen molar-refractivity contribution in [2.75, 3.05) is 5.32 Å². The van der Waals surface area contributed by atoms with Gasteiger partial charge < -0.3 is 5.32 Å². The van der Waals surface area contributed by atoms with Crippen LogP contribution in [0, 0.1) is 10.1 Å². The number of anilines is 1. The first kappa shape index (κ1) is 11.5. The van der Waals surface area contributed by atoms with Crippen LogP contribution >= 0.6 is 11.5 Å². The highest BCUT2D eigenvalue weighted by Crippen LogP contribution is 2.23. The monoisotopic (exact) mass is 250 g/mol. The summed E-state index contributed by atoms with van der Waals surface area (Å²) < 4.78 is 3.74. The number of hydrogen-bond acceptors (Lipinski definition) is 6. The standard InChI is InChI=1S/C10H10N4O2S/c1-7(12-10-6-11-13-17-10)8-3-2-4-9(5-8)14(15)16/h2-7,12H,1H3. The Balaban J connectivity index is 2.16. The summed E-state index contributed by atoms with van der Waals surface area (Å²) >= 11 is 1.25. The van der Waals surface area contributed by atoms with Crippen molar-refractivity contribution in [3.8, 4) is 0 Å². The maximum absolute atomic E-state index is 10.7. The van der Waals surface area contributed by atoms with Crippen LogP contribution < -0.4 is 5.32 Å². The van der Waals surface area contributed by atoms with Crippen LogP contribution in [0.2, 0.25) is 0 Å². The third-order valence-corrected chi connectivity index (χ3v) is 2.90. The molecule has 7 heteroatoms. The van der Waals surface area contributed by atoms with Gasteiger partial charge in [0.05, 0.1) is 11.1 Å². The molecule has 0 amide bonds. The topological polar surface area (TPSA) is 81.0 Å². The molecule has 1 unspecified atom stereocenters. The Morgan fingerprint density at radius 2 is 2.35 bits per heavy atom. The lowest BCUT2D eigenvalue weighted by atomic mass is 10.1. The average molecular weight is 250 g/mol. The smallest absolute Gasteiger partial charge is 0.269 e. The fourth-order valence-electron chi connectivity index (χ4n) is 1.44. The Hall–Kier alpha value is -2.02. The zero-order valence-corrected chi connectivity index (χ0v) is 9.85. The van der Waals surface area contributed by atoms with Gasteiger partial charge in [0.25, 0.3) is 5.69 Å². The summed E-state index contributed by atoms with van der Waals surface area (Å²) in [4.78, 5) is 10.3. The molecule has 0 saturated carbocycles. The molecule has 88 valence electrons. The summed E-state index contributed by atoms with van der Waals surface area (Å²) in [6.45, 7) is 1.93. The van der Waals surface area contributed by atoms with E-state index in [1.54, 1.807) is 18.3 Å². The number of nitro groups is 1. The predicted octanol–water partition coefficient (Wildman–Crippen LogP) is 2.62. The lowest BCUT2D eigenvalue weighted by Crippen LogP contribution is -2.05. The van der Waals surface area contributed by atoms with Gasteiger partial charge in [-0.05, 0) is 12.5 Å². The van der Waals surface area contributed by atoms with Crippen molar-refractivity contribution >= 4 is 22.2 Å². The molecule has 1 N–H and O–H groups in total. The molecule has 2 aromatic rings. The number of rotatable bonds is 4. The molecule has 0 aliphatic rings. The van der Waals surface area contributed by atoms with Crippen molar-refractivity contribution in [3.05, 3.63) is 46.1 Å². The third-order valence-electron chi connectivity index (χ3n) is 2.30. The quantitative estimate of drug-likeness (QED) is 0.666. The second-order valence-corrected chi connectivity index (χ2v) is 4.29. The Bertz CT molecular complexity index is 515. The number of nitro benzene ring substituents is 1. The molecule has 6 nitrogen and oxygen atoms in total. The maximum atomic E-state index is 10.7. The molecule has 0 saturated heterocycles. The van der Waals surface area contributed by atoms with Gasteiger partial charge in [-0.15, -0.1) is 5.10 Å². The van der Waals surface area contributed by atoms with Gasteiger partial charge in [0.1, 0.15) is 5.00 Å². The van der Waals surface area contributed by atoms with E-state index in [4.69, 9.17) is 0 Å². The van der Waals surface area contributed by atoms with Gasteiger partial charge in [-0.25, -0.2) is 0 Å². The molecule has 0 aliphatic carbocycles. The summed E-state index contributed by atoms with van der Waals surface area (Å²) in [5.41, 5.74) is 0.950. The number of nitrogens with zero attached hydrogens (tertiary/aromatic N) is 3. The fraction of sp³-hybridized carbons (Fsp3) is 0.200. The zero-order chi connectivity index (χ0) is 12.3. The molecule has 0 spiro atoms. The van der Waals surface area contributed by atoms with E-state index >= 15 is 0 Å². The van der Waals surface area contributed by atoms with Crippen molar-refractivity contribution < 1.29 is 4.92 Å². The largest absolute Gasteiger partial charge is 0.368 e. The van der Waals surface area contributed by atoms with Crippen LogP contribution in [-0.4, -0.2) is 14.5 Å². The minimum absolute atomic E-state index is 0.0304. The second kappa shape index (κ2) is 4.88. The van der Waals surface area contributed by atoms with Crippen LogP contribution in [0.1, 0.15) is 18.5 Å². The number of hydrogen-bond donors (Lipinski definition) is 1. The van der Waals surface area contributed by atoms with Gasteiger partial charge in [-0.3, -0.25) is 10.1 Å². The fourth-order valence-corrected chi connectivity index (χ4v) is 1.94. The first-order valence-electron chi connectivity index (χ1n) is 4.95. The molecule has 2 rings (SSSR count). The lowest BCUT2D eigenvalue weighted by Gasteiger charge is -2.12. The van der Waals surface area contributed by atoms with Crippen LogP contribution in [0.5, 0.6) is 0 Å². The van der Waals surface area contributed by atoms with Crippen molar-refractivity contribution in [3.63, 3.8) is 0 Å². The summed E-state index contributed by atoms with van der Waals surface area (Å²) in [5.74, 6) is 0. The molecule has 1 atom stereocenters. The van der Waals surface area contributed by atoms with Crippen molar-refractivity contribution in [2.45, 2.75) is 13.0 Å².